The fourth-order valence-electron chi connectivity index (χ4n) is 6.75. The van der Waals surface area contributed by atoms with E-state index >= 15 is 0 Å². The summed E-state index contributed by atoms with van der Waals surface area (Å²) in [4.78, 5) is 66.0. The van der Waals surface area contributed by atoms with Crippen LogP contribution in [0.25, 0.3) is 11.1 Å². The Kier molecular flexibility index (Phi) is 15.3. The molecule has 3 N–H and O–H groups in total. The summed E-state index contributed by atoms with van der Waals surface area (Å²) in [5.41, 5.74) is 8.00. The van der Waals surface area contributed by atoms with Gasteiger partial charge in [0, 0.05) is 18.4 Å². The molecule has 1 aliphatic carbocycles. The first-order chi connectivity index (χ1) is 28.3. The highest BCUT2D eigenvalue weighted by molar-refractivity contribution is 5.85. The minimum atomic E-state index is -1.22. The van der Waals surface area contributed by atoms with E-state index in [4.69, 9.17) is 18.9 Å². The maximum atomic E-state index is 13.9. The van der Waals surface area contributed by atoms with Crippen molar-refractivity contribution in [2.24, 2.45) is 0 Å². The highest BCUT2D eigenvalue weighted by atomic mass is 16.6. The number of urea groups is 1. The van der Waals surface area contributed by atoms with Gasteiger partial charge in [0.2, 0.25) is 5.91 Å². The Morgan fingerprint density at radius 2 is 1.42 bits per heavy atom. The lowest BCUT2D eigenvalue weighted by atomic mass is 9.98. The zero-order valence-corrected chi connectivity index (χ0v) is 33.9. The zero-order valence-electron chi connectivity index (χ0n) is 33.9. The molecule has 13 nitrogen and oxygen atoms in total. The Hall–Kier alpha value is -6.63. The fourth-order valence-corrected chi connectivity index (χ4v) is 6.75. The molecular formula is C46H52N4O9. The third kappa shape index (κ3) is 12.9. The number of hydrogen-bond donors (Lipinski definition) is 3. The molecule has 4 amide bonds. The molecule has 0 heterocycles. The van der Waals surface area contributed by atoms with E-state index in [0.29, 0.717) is 11.3 Å². The standard InChI is InChI=1S/C46H52N4O9/c1-6-26-57-42(52)28-33(27-31-20-22-34(23-21-31)59-46(2,3)4)47-44(54)50(29-32-14-8-7-9-15-32)49-41(51)25-24-40(43(53)56-5)48-45(55)58-30-39-37-18-12-10-16-35(37)36-17-11-13-19-38(36)39/h6-23,33,39-40H,1,24-30H2,2-5H3,(H,47,54)(H,48,55)(H,49,51)/t33-,40+/m0/s1. The third-order valence-electron chi connectivity index (χ3n) is 9.40. The van der Waals surface area contributed by atoms with Crippen LogP contribution in [0.4, 0.5) is 9.59 Å². The number of carbonyl (C=O) groups excluding carboxylic acids is 5. The summed E-state index contributed by atoms with van der Waals surface area (Å²) in [6.07, 6.45) is 0.282. The van der Waals surface area contributed by atoms with Gasteiger partial charge in [0.25, 0.3) is 0 Å². The fraction of sp³-hybridized carbons (Fsp3) is 0.326. The van der Waals surface area contributed by atoms with Crippen LogP contribution in [0.3, 0.4) is 0 Å². The highest BCUT2D eigenvalue weighted by Gasteiger charge is 2.31. The third-order valence-corrected chi connectivity index (χ3v) is 9.40. The summed E-state index contributed by atoms with van der Waals surface area (Å²) in [6.45, 7) is 9.44. The highest BCUT2D eigenvalue weighted by Crippen LogP contribution is 2.44. The van der Waals surface area contributed by atoms with E-state index in [1.54, 1.807) is 24.3 Å². The number of nitrogens with zero attached hydrogens (tertiary/aromatic N) is 1. The number of rotatable bonds is 17. The van der Waals surface area contributed by atoms with Crippen molar-refractivity contribution >= 4 is 30.0 Å². The van der Waals surface area contributed by atoms with E-state index in [2.05, 4.69) is 22.6 Å². The van der Waals surface area contributed by atoms with Crippen molar-refractivity contribution in [3.8, 4) is 16.9 Å². The minimum absolute atomic E-state index is 0.0112. The van der Waals surface area contributed by atoms with Crippen molar-refractivity contribution in [2.75, 3.05) is 20.3 Å². The van der Waals surface area contributed by atoms with Gasteiger partial charge in [-0.1, -0.05) is 104 Å². The van der Waals surface area contributed by atoms with Gasteiger partial charge in [-0.15, -0.1) is 0 Å². The van der Waals surface area contributed by atoms with E-state index in [-0.39, 0.29) is 57.0 Å². The van der Waals surface area contributed by atoms with Gasteiger partial charge >= 0.3 is 24.1 Å². The molecule has 0 aliphatic heterocycles. The number of carbonyl (C=O) groups is 5. The summed E-state index contributed by atoms with van der Waals surface area (Å²) in [7, 11) is 1.18. The van der Waals surface area contributed by atoms with E-state index in [1.165, 1.54) is 13.2 Å². The lowest BCUT2D eigenvalue weighted by molar-refractivity contribution is -0.144. The van der Waals surface area contributed by atoms with E-state index in [0.717, 1.165) is 32.8 Å². The molecule has 0 saturated carbocycles. The molecule has 0 radical (unpaired) electrons. The van der Waals surface area contributed by atoms with Crippen LogP contribution < -0.4 is 20.8 Å². The Labute approximate surface area is 345 Å². The predicted octanol–water partition coefficient (Wildman–Crippen LogP) is 7.00. The van der Waals surface area contributed by atoms with Gasteiger partial charge in [0.1, 0.15) is 30.6 Å². The summed E-state index contributed by atoms with van der Waals surface area (Å²) >= 11 is 0. The van der Waals surface area contributed by atoms with E-state index < -0.39 is 42.1 Å². The van der Waals surface area contributed by atoms with Gasteiger partial charge < -0.3 is 29.6 Å². The summed E-state index contributed by atoms with van der Waals surface area (Å²) in [6, 6.07) is 29.6. The number of ether oxygens (including phenoxy) is 4. The predicted molar refractivity (Wildman–Crippen MR) is 222 cm³/mol. The first kappa shape index (κ1) is 43.5. The number of hydrazine groups is 1. The second-order valence-electron chi connectivity index (χ2n) is 15.1. The number of benzene rings is 4. The molecule has 310 valence electrons. The molecule has 4 aromatic carbocycles. The number of nitrogens with one attached hydrogen (secondary N) is 3. The minimum Gasteiger partial charge on any atom is -0.488 e. The Bertz CT molecular complexity index is 2040. The molecule has 0 aromatic heterocycles. The second-order valence-corrected chi connectivity index (χ2v) is 15.1. The van der Waals surface area contributed by atoms with Crippen molar-refractivity contribution in [1.82, 2.24) is 21.1 Å². The molecule has 0 bridgehead atoms. The molecule has 1 aliphatic rings. The van der Waals surface area contributed by atoms with Crippen LogP contribution in [-0.4, -0.2) is 73.0 Å². The molecule has 2 atom stereocenters. The average molecular weight is 805 g/mol. The molecule has 59 heavy (non-hydrogen) atoms. The SMILES string of the molecule is C=CCOC(=O)C[C@H](Cc1ccc(OC(C)(C)C)cc1)NC(=O)N(Cc1ccccc1)NC(=O)CC[C@@H](NC(=O)OCC1c2ccccc2-c2ccccc21)C(=O)OC. The molecule has 0 spiro atoms. The molecule has 5 rings (SSSR count). The Morgan fingerprint density at radius 1 is 0.797 bits per heavy atom. The second kappa shape index (κ2) is 20.7. The van der Waals surface area contributed by atoms with Gasteiger partial charge in [-0.25, -0.2) is 19.4 Å². The van der Waals surface area contributed by atoms with E-state index in [1.807, 2.05) is 99.6 Å². The number of methoxy groups -OCH3 is 1. The van der Waals surface area contributed by atoms with Crippen molar-refractivity contribution in [3.63, 3.8) is 0 Å². The van der Waals surface area contributed by atoms with Crippen LogP contribution in [0.5, 0.6) is 5.75 Å². The van der Waals surface area contributed by atoms with Crippen molar-refractivity contribution in [2.45, 2.75) is 76.6 Å². The van der Waals surface area contributed by atoms with Crippen LogP contribution in [0, 0.1) is 0 Å². The number of hydrogen-bond acceptors (Lipinski definition) is 9. The van der Waals surface area contributed by atoms with Crippen molar-refractivity contribution in [1.29, 1.82) is 0 Å². The van der Waals surface area contributed by atoms with Gasteiger partial charge in [-0.05, 0) is 79.1 Å². The molecule has 13 heteroatoms. The number of alkyl carbamates (subject to hydrolysis) is 1. The average Bonchev–Trinajstić information content (AvgIpc) is 3.54. The summed E-state index contributed by atoms with van der Waals surface area (Å²) < 4.78 is 21.7. The molecule has 0 fully saturated rings. The lowest BCUT2D eigenvalue weighted by Gasteiger charge is -2.27. The molecule has 0 unspecified atom stereocenters. The quantitative estimate of drug-likeness (QED) is 0.0442. The van der Waals surface area contributed by atoms with Crippen LogP contribution in [0.1, 0.15) is 68.2 Å². The lowest BCUT2D eigenvalue weighted by Crippen LogP contribution is -2.53. The van der Waals surface area contributed by atoms with Gasteiger partial charge in [-0.2, -0.15) is 0 Å². The van der Waals surface area contributed by atoms with Crippen molar-refractivity contribution in [3.05, 3.63) is 138 Å². The van der Waals surface area contributed by atoms with Gasteiger partial charge in [0.15, 0.2) is 0 Å². The number of esters is 2. The summed E-state index contributed by atoms with van der Waals surface area (Å²) in [5.74, 6) is -1.44. The van der Waals surface area contributed by atoms with Crippen LogP contribution in [0.15, 0.2) is 116 Å². The first-order valence-electron chi connectivity index (χ1n) is 19.5. The summed E-state index contributed by atoms with van der Waals surface area (Å²) in [5, 5.41) is 6.53. The maximum Gasteiger partial charge on any atom is 0.407 e. The topological polar surface area (TPSA) is 162 Å². The molecular weight excluding hydrogens is 753 g/mol. The van der Waals surface area contributed by atoms with Crippen molar-refractivity contribution < 1.29 is 42.9 Å². The smallest absolute Gasteiger partial charge is 0.407 e. The number of fused-ring (bicyclic) bond motifs is 3. The van der Waals surface area contributed by atoms with Gasteiger partial charge in [-0.3, -0.25) is 15.0 Å². The van der Waals surface area contributed by atoms with Crippen LogP contribution in [0.2, 0.25) is 0 Å². The maximum absolute atomic E-state index is 13.9. The monoisotopic (exact) mass is 804 g/mol. The number of amides is 4. The largest absolute Gasteiger partial charge is 0.488 e. The normalized spacial score (nSPS) is 12.7. The molecule has 0 saturated heterocycles. The van der Waals surface area contributed by atoms with Crippen LogP contribution in [-0.2, 0) is 41.6 Å². The van der Waals surface area contributed by atoms with Gasteiger partial charge in [0.05, 0.1) is 20.1 Å². The van der Waals surface area contributed by atoms with E-state index in [9.17, 15) is 24.0 Å². The molecule has 4 aromatic rings. The Balaban J connectivity index is 1.23. The first-order valence-corrected chi connectivity index (χ1v) is 19.5. The Morgan fingerprint density at radius 3 is 2.03 bits per heavy atom. The van der Waals surface area contributed by atoms with Crippen LogP contribution >= 0.6 is 0 Å². The zero-order chi connectivity index (χ0) is 42.4.